The summed E-state index contributed by atoms with van der Waals surface area (Å²) in [6, 6.07) is 14.4. The number of halogens is 3. The number of hydrogen-bond acceptors (Lipinski definition) is 7. The van der Waals surface area contributed by atoms with Crippen LogP contribution in [-0.4, -0.2) is 80.5 Å². The molecule has 0 spiro atoms. The number of ether oxygens (including phenoxy) is 1. The van der Waals surface area contributed by atoms with Gasteiger partial charge in [-0.25, -0.2) is 19.0 Å². The SMILES string of the molecule is CC(C)(O)c1ccc(-c2nc3c(F)c(-c4cccc(Cl)c4Cl)c(CCC#N)cc3c3c2cc(C2CCCN2C(=O)OCC[Si](C)(C)C)n3[C@H]2[C@@H]3C[C@H]2N(C(=O)O)C3)cn1. The minimum Gasteiger partial charge on any atom is -0.465 e. The highest BCUT2D eigenvalue weighted by molar-refractivity contribution is 6.76. The molecule has 2 bridgehead atoms. The quantitative estimate of drug-likeness (QED) is 0.132. The Morgan fingerprint density at radius 1 is 1.12 bits per heavy atom. The molecule has 59 heavy (non-hydrogen) atoms. The van der Waals surface area contributed by atoms with Gasteiger partial charge in [-0.2, -0.15) is 5.26 Å². The molecule has 4 atom stereocenters. The summed E-state index contributed by atoms with van der Waals surface area (Å²) >= 11 is 13.2. The summed E-state index contributed by atoms with van der Waals surface area (Å²) in [5, 5.41) is 32.3. The van der Waals surface area contributed by atoms with Crippen molar-refractivity contribution in [2.45, 2.75) is 95.4 Å². The lowest BCUT2D eigenvalue weighted by atomic mass is 9.79. The van der Waals surface area contributed by atoms with Crippen LogP contribution < -0.4 is 0 Å². The average Bonchev–Trinajstić information content (AvgIpc) is 3.98. The van der Waals surface area contributed by atoms with Gasteiger partial charge in [-0.3, -0.25) is 9.88 Å². The Morgan fingerprint density at radius 3 is 2.56 bits per heavy atom. The maximum atomic E-state index is 17.8. The topological polar surface area (TPSA) is 145 Å². The number of benzene rings is 2. The zero-order chi connectivity index (χ0) is 42.1. The molecular weight excluding hydrogens is 811 g/mol. The van der Waals surface area contributed by atoms with Gasteiger partial charge in [-0.05, 0) is 81.5 Å². The highest BCUT2D eigenvalue weighted by atomic mass is 35.5. The van der Waals surface area contributed by atoms with Gasteiger partial charge in [0.15, 0.2) is 5.82 Å². The van der Waals surface area contributed by atoms with E-state index < -0.39 is 37.7 Å². The van der Waals surface area contributed by atoms with Crippen LogP contribution >= 0.6 is 23.2 Å². The largest absolute Gasteiger partial charge is 0.465 e. The normalized spacial score (nSPS) is 20.3. The summed E-state index contributed by atoms with van der Waals surface area (Å²) in [6.07, 6.45) is 2.60. The lowest BCUT2D eigenvalue weighted by Gasteiger charge is -2.40. The van der Waals surface area contributed by atoms with Crippen molar-refractivity contribution < 1.29 is 28.9 Å². The van der Waals surface area contributed by atoms with Gasteiger partial charge in [0.25, 0.3) is 0 Å². The molecule has 1 aliphatic carbocycles. The van der Waals surface area contributed by atoms with Crippen LogP contribution in [-0.2, 0) is 16.8 Å². The predicted molar refractivity (Wildman–Crippen MR) is 229 cm³/mol. The molecule has 6 heterocycles. The van der Waals surface area contributed by atoms with E-state index in [2.05, 4.69) is 35.3 Å². The van der Waals surface area contributed by atoms with E-state index in [1.165, 1.54) is 4.90 Å². The number of carboxylic acid groups (broad SMARTS) is 1. The third-order valence-corrected chi connectivity index (χ3v) is 14.7. The third kappa shape index (κ3) is 7.32. The Morgan fingerprint density at radius 2 is 1.90 bits per heavy atom. The number of nitriles is 1. The highest BCUT2D eigenvalue weighted by Crippen LogP contribution is 2.54. The number of aliphatic hydroxyl groups is 1. The van der Waals surface area contributed by atoms with Crippen molar-refractivity contribution in [1.29, 1.82) is 5.26 Å². The number of likely N-dealkylation sites (tertiary alicyclic amines) is 1. The Balaban J connectivity index is 1.43. The van der Waals surface area contributed by atoms with Gasteiger partial charge in [0.05, 0.1) is 57.8 Å². The first kappa shape index (κ1) is 41.0. The van der Waals surface area contributed by atoms with Gasteiger partial charge in [-0.1, -0.05) is 55.0 Å². The molecule has 5 aromatic rings. The van der Waals surface area contributed by atoms with E-state index in [0.29, 0.717) is 76.9 Å². The minimum atomic E-state index is -1.48. The van der Waals surface area contributed by atoms with Gasteiger partial charge >= 0.3 is 12.2 Å². The van der Waals surface area contributed by atoms with Crippen LogP contribution in [0.25, 0.3) is 44.2 Å². The Kier molecular flexibility index (Phi) is 10.7. The molecule has 11 nitrogen and oxygen atoms in total. The van der Waals surface area contributed by atoms with Crippen LogP contribution in [0.1, 0.15) is 68.6 Å². The van der Waals surface area contributed by atoms with E-state index in [9.17, 15) is 25.1 Å². The molecule has 1 saturated carbocycles. The minimum absolute atomic E-state index is 0.0177. The Hall–Kier alpha value is -4.74. The van der Waals surface area contributed by atoms with Crippen molar-refractivity contribution in [3.8, 4) is 28.5 Å². The number of rotatable bonds is 10. The standard InChI is InChI=1S/C44H47Cl2FN6O5Si/c1-44(2,57)34-14-13-25(22-49-34)38-29-21-32(31-12-8-16-51(31)43(56)58-17-18-59(3,4)5)53(40-26-20-33(40)52(23-26)42(54)55)41(29)28-19-24(9-7-15-48)35(37(47)39(28)50-38)27-10-6-11-30(45)36(27)46/h6,10-11,13-14,19,21-22,26,31,33,40,57H,7-9,12,16-18,20,23H2,1-5H3,(H,54,55)/t26-,31?,33-,40+/m1/s1. The number of pyridine rings is 2. The molecule has 3 saturated heterocycles. The summed E-state index contributed by atoms with van der Waals surface area (Å²) in [4.78, 5) is 39.4. The molecule has 3 aliphatic heterocycles. The van der Waals surface area contributed by atoms with Crippen LogP contribution in [0.15, 0.2) is 48.7 Å². The zero-order valence-electron chi connectivity index (χ0n) is 33.7. The second-order valence-corrected chi connectivity index (χ2v) is 24.2. The number of carbonyl (C=O) groups excluding carboxylic acids is 1. The summed E-state index contributed by atoms with van der Waals surface area (Å²) < 4.78 is 25.9. The van der Waals surface area contributed by atoms with Crippen molar-refractivity contribution in [3.05, 3.63) is 81.5 Å². The molecule has 308 valence electrons. The second-order valence-electron chi connectivity index (χ2n) is 17.8. The third-order valence-electron chi connectivity index (χ3n) is 12.2. The molecule has 4 fully saturated rings. The average molecular weight is 858 g/mol. The first-order valence-corrected chi connectivity index (χ1v) is 24.6. The number of hydrogen-bond donors (Lipinski definition) is 2. The van der Waals surface area contributed by atoms with E-state index in [4.69, 9.17) is 32.9 Å². The van der Waals surface area contributed by atoms with Crippen LogP contribution in [0.5, 0.6) is 0 Å². The van der Waals surface area contributed by atoms with Crippen LogP contribution in [0, 0.1) is 23.1 Å². The highest BCUT2D eigenvalue weighted by Gasteiger charge is 2.56. The van der Waals surface area contributed by atoms with Crippen molar-refractivity contribution in [2.75, 3.05) is 19.7 Å². The van der Waals surface area contributed by atoms with Crippen molar-refractivity contribution in [3.63, 3.8) is 0 Å². The van der Waals surface area contributed by atoms with Gasteiger partial charge in [-0.15, -0.1) is 0 Å². The molecule has 1 unspecified atom stereocenters. The lowest BCUT2D eigenvalue weighted by Crippen LogP contribution is -2.43. The summed E-state index contributed by atoms with van der Waals surface area (Å²) in [7, 11) is -1.48. The summed E-state index contributed by atoms with van der Waals surface area (Å²) in [6.45, 7) is 11.2. The van der Waals surface area contributed by atoms with Gasteiger partial charge in [0.1, 0.15) is 11.1 Å². The fraction of sp³-hybridized carbons (Fsp3) is 0.432. The van der Waals surface area contributed by atoms with Crippen molar-refractivity contribution in [2.24, 2.45) is 5.92 Å². The molecule has 2 aromatic carbocycles. The second kappa shape index (κ2) is 15.4. The molecule has 15 heteroatoms. The number of aryl methyl sites for hydroxylation is 1. The molecule has 0 radical (unpaired) electrons. The van der Waals surface area contributed by atoms with Gasteiger partial charge in [0.2, 0.25) is 0 Å². The molecule has 2 N–H and O–H groups in total. The fourth-order valence-electron chi connectivity index (χ4n) is 9.24. The first-order valence-electron chi connectivity index (χ1n) is 20.1. The Bertz CT molecular complexity index is 2550. The number of nitrogens with zero attached hydrogens (tertiary/aromatic N) is 6. The maximum Gasteiger partial charge on any atom is 0.410 e. The van der Waals surface area contributed by atoms with Crippen LogP contribution in [0.3, 0.4) is 0 Å². The maximum absolute atomic E-state index is 17.8. The zero-order valence-corrected chi connectivity index (χ0v) is 36.2. The summed E-state index contributed by atoms with van der Waals surface area (Å²) in [5.41, 5.74) is 2.82. The van der Waals surface area contributed by atoms with Crippen LogP contribution in [0.4, 0.5) is 14.0 Å². The molecule has 2 amide bonds. The van der Waals surface area contributed by atoms with Crippen molar-refractivity contribution >= 4 is 65.3 Å². The van der Waals surface area contributed by atoms with E-state index in [1.54, 1.807) is 55.3 Å². The monoisotopic (exact) mass is 856 g/mol. The predicted octanol–water partition coefficient (Wildman–Crippen LogP) is 10.6. The first-order chi connectivity index (χ1) is 28.0. The van der Waals surface area contributed by atoms with E-state index in [0.717, 1.165) is 18.2 Å². The number of fused-ring (bicyclic) bond motifs is 4. The van der Waals surface area contributed by atoms with E-state index >= 15 is 4.39 Å². The number of aromatic nitrogens is 3. The molecule has 9 rings (SSSR count). The number of amides is 2. The summed E-state index contributed by atoms with van der Waals surface area (Å²) in [5.74, 6) is -0.661. The van der Waals surface area contributed by atoms with Crippen LogP contribution in [0.2, 0.25) is 35.7 Å². The molecule has 4 aliphatic rings. The molecular formula is C44H47Cl2FN6O5Si. The number of carbonyl (C=O) groups is 2. The Labute approximate surface area is 353 Å². The fourth-order valence-corrected chi connectivity index (χ4v) is 10.3. The van der Waals surface area contributed by atoms with Gasteiger partial charge < -0.3 is 24.4 Å². The van der Waals surface area contributed by atoms with E-state index in [-0.39, 0.29) is 52.0 Å². The smallest absolute Gasteiger partial charge is 0.410 e. The van der Waals surface area contributed by atoms with E-state index in [1.807, 2.05) is 12.1 Å². The van der Waals surface area contributed by atoms with Gasteiger partial charge in [0, 0.05) is 72.9 Å². The van der Waals surface area contributed by atoms with Crippen molar-refractivity contribution in [1.82, 2.24) is 24.3 Å². The molecule has 3 aromatic heterocycles. The lowest BCUT2D eigenvalue weighted by molar-refractivity contribution is 0.0738.